The molecule has 2 heterocycles. The van der Waals surface area contributed by atoms with Gasteiger partial charge in [-0.2, -0.15) is 0 Å². The highest BCUT2D eigenvalue weighted by Gasteiger charge is 2.22. The molecule has 0 saturated heterocycles. The Balaban J connectivity index is 1.73. The molecule has 1 N–H and O–H groups in total. The van der Waals surface area contributed by atoms with E-state index in [-0.39, 0.29) is 0 Å². The summed E-state index contributed by atoms with van der Waals surface area (Å²) < 4.78 is 28.6. The largest absolute Gasteiger partial charge is 0.340 e. The molecular formula is C19H18F2N4. The van der Waals surface area contributed by atoms with Crippen LogP contribution < -0.4 is 5.32 Å². The smallest absolute Gasteiger partial charge is 0.160 e. The van der Waals surface area contributed by atoms with Crippen LogP contribution in [0.15, 0.2) is 35.3 Å². The summed E-state index contributed by atoms with van der Waals surface area (Å²) in [7, 11) is 3.86. The van der Waals surface area contributed by atoms with E-state index in [9.17, 15) is 8.78 Å². The van der Waals surface area contributed by atoms with Gasteiger partial charge in [-0.3, -0.25) is 4.99 Å². The molecule has 25 heavy (non-hydrogen) atoms. The highest BCUT2D eigenvalue weighted by Crippen LogP contribution is 2.31. The van der Waals surface area contributed by atoms with Crippen molar-refractivity contribution in [3.8, 4) is 0 Å². The monoisotopic (exact) mass is 340 g/mol. The summed E-state index contributed by atoms with van der Waals surface area (Å²) in [6, 6.07) is 7.61. The maximum atomic E-state index is 13.4. The van der Waals surface area contributed by atoms with Crippen LogP contribution in [0, 0.1) is 11.6 Å². The van der Waals surface area contributed by atoms with E-state index in [1.165, 1.54) is 23.0 Å². The Bertz CT molecular complexity index is 1000. The molecule has 1 aliphatic carbocycles. The fraction of sp³-hybridized carbons (Fsp3) is 0.263. The summed E-state index contributed by atoms with van der Waals surface area (Å²) >= 11 is 0. The van der Waals surface area contributed by atoms with E-state index in [1.54, 1.807) is 0 Å². The first-order valence-electron chi connectivity index (χ1n) is 8.20. The predicted molar refractivity (Wildman–Crippen MR) is 95.7 cm³/mol. The van der Waals surface area contributed by atoms with Crippen molar-refractivity contribution in [2.75, 3.05) is 12.4 Å². The minimum absolute atomic E-state index is 0.463. The first-order valence-corrected chi connectivity index (χ1v) is 8.20. The van der Waals surface area contributed by atoms with Gasteiger partial charge >= 0.3 is 0 Å². The molecule has 0 bridgehead atoms. The van der Waals surface area contributed by atoms with Crippen molar-refractivity contribution in [1.82, 2.24) is 9.55 Å². The molecule has 0 saturated carbocycles. The third kappa shape index (κ3) is 2.67. The van der Waals surface area contributed by atoms with Crippen molar-refractivity contribution >= 4 is 28.3 Å². The van der Waals surface area contributed by atoms with Gasteiger partial charge in [0.25, 0.3) is 0 Å². The van der Waals surface area contributed by atoms with E-state index in [1.807, 2.05) is 26.2 Å². The number of halogens is 2. The minimum atomic E-state index is -0.883. The number of hydrogen-bond acceptors (Lipinski definition) is 3. The molecule has 0 amide bonds. The van der Waals surface area contributed by atoms with E-state index in [2.05, 4.69) is 19.9 Å². The van der Waals surface area contributed by atoms with Crippen LogP contribution in [0.25, 0.3) is 11.0 Å². The lowest BCUT2D eigenvalue weighted by Crippen LogP contribution is -2.14. The number of aromatic nitrogens is 2. The second-order valence-corrected chi connectivity index (χ2v) is 6.27. The second-order valence-electron chi connectivity index (χ2n) is 6.27. The second kappa shape index (κ2) is 5.95. The Morgan fingerprint density at radius 3 is 2.72 bits per heavy atom. The summed E-state index contributed by atoms with van der Waals surface area (Å²) in [6.07, 6.45) is 2.80. The molecule has 6 heteroatoms. The van der Waals surface area contributed by atoms with Gasteiger partial charge in [-0.15, -0.1) is 0 Å². The lowest BCUT2D eigenvalue weighted by atomic mass is 9.94. The molecule has 0 aliphatic heterocycles. The summed E-state index contributed by atoms with van der Waals surface area (Å²) in [4.78, 5) is 9.03. The number of fused-ring (bicyclic) bond motifs is 3. The van der Waals surface area contributed by atoms with Gasteiger partial charge in [-0.05, 0) is 42.7 Å². The van der Waals surface area contributed by atoms with Crippen molar-refractivity contribution in [2.45, 2.75) is 19.3 Å². The van der Waals surface area contributed by atoms with Crippen LogP contribution in [0.5, 0.6) is 0 Å². The maximum absolute atomic E-state index is 13.4. The number of anilines is 2. The van der Waals surface area contributed by atoms with Gasteiger partial charge in [-0.1, -0.05) is 0 Å². The molecule has 0 atom stereocenters. The van der Waals surface area contributed by atoms with Crippen LogP contribution in [0.4, 0.5) is 20.3 Å². The van der Waals surface area contributed by atoms with Gasteiger partial charge in [0.2, 0.25) is 0 Å². The number of nitrogens with one attached hydrogen (secondary N) is 1. The number of aliphatic imine (C=N–C) groups is 1. The number of rotatable bonds is 2. The molecule has 0 unspecified atom stereocenters. The van der Waals surface area contributed by atoms with Crippen LogP contribution in [0.1, 0.15) is 17.7 Å². The van der Waals surface area contributed by atoms with Gasteiger partial charge in [0.05, 0.1) is 0 Å². The van der Waals surface area contributed by atoms with Crippen molar-refractivity contribution in [3.05, 3.63) is 53.2 Å². The topological polar surface area (TPSA) is 42.2 Å². The lowest BCUT2D eigenvalue weighted by Gasteiger charge is -2.15. The van der Waals surface area contributed by atoms with Gasteiger partial charge < -0.3 is 9.88 Å². The number of nitrogens with zero attached hydrogens (tertiary/aromatic N) is 3. The van der Waals surface area contributed by atoms with E-state index in [4.69, 9.17) is 0 Å². The molecule has 0 fully saturated rings. The molecule has 3 aromatic rings. The lowest BCUT2D eigenvalue weighted by molar-refractivity contribution is 0.509. The third-order valence-electron chi connectivity index (χ3n) is 4.81. The molecule has 1 aromatic carbocycles. The minimum Gasteiger partial charge on any atom is -0.340 e. The normalized spacial score (nSPS) is 15.6. The Labute approximate surface area is 144 Å². The Hall–Kier alpha value is -2.76. The number of hydrogen-bond donors (Lipinski definition) is 1. The fourth-order valence-electron chi connectivity index (χ4n) is 3.48. The first-order chi connectivity index (χ1) is 12.1. The Morgan fingerprint density at radius 2 is 1.96 bits per heavy atom. The predicted octanol–water partition coefficient (Wildman–Crippen LogP) is 4.15. The van der Waals surface area contributed by atoms with Crippen LogP contribution >= 0.6 is 0 Å². The molecule has 1 aliphatic rings. The highest BCUT2D eigenvalue weighted by atomic mass is 19.2. The van der Waals surface area contributed by atoms with Gasteiger partial charge in [0.1, 0.15) is 11.5 Å². The number of benzene rings is 1. The van der Waals surface area contributed by atoms with Crippen molar-refractivity contribution in [3.63, 3.8) is 0 Å². The average Bonchev–Trinajstić information content (AvgIpc) is 2.90. The van der Waals surface area contributed by atoms with Crippen LogP contribution in [0.3, 0.4) is 0 Å². The standard InChI is InChI=1S/C19H18F2N4/c1-22-11-4-7-17-14(9-11)13-5-8-18(24-19(13)25(17)2)23-12-3-6-15(20)16(21)10-12/h3,5-6,8,10H,4,7,9H2,1-2H3,(H,23,24). The zero-order chi connectivity index (χ0) is 17.6. The average molecular weight is 340 g/mol. The first kappa shape index (κ1) is 15.7. The highest BCUT2D eigenvalue weighted by molar-refractivity contribution is 5.95. The van der Waals surface area contributed by atoms with E-state index < -0.39 is 11.6 Å². The summed E-state index contributed by atoms with van der Waals surface area (Å²) in [5, 5.41) is 4.16. The van der Waals surface area contributed by atoms with Crippen molar-refractivity contribution < 1.29 is 8.78 Å². The molecule has 2 aromatic heterocycles. The van der Waals surface area contributed by atoms with Crippen molar-refractivity contribution in [1.29, 1.82) is 0 Å². The summed E-state index contributed by atoms with van der Waals surface area (Å²) in [6.45, 7) is 0. The van der Waals surface area contributed by atoms with Crippen molar-refractivity contribution in [2.24, 2.45) is 12.0 Å². The summed E-state index contributed by atoms with van der Waals surface area (Å²) in [5.74, 6) is -1.15. The zero-order valence-corrected chi connectivity index (χ0v) is 14.1. The van der Waals surface area contributed by atoms with Crippen LogP contribution in [0.2, 0.25) is 0 Å². The molecule has 4 nitrogen and oxygen atoms in total. The van der Waals surface area contributed by atoms with Gasteiger partial charge in [0.15, 0.2) is 11.6 Å². The van der Waals surface area contributed by atoms with Crippen LogP contribution in [-0.4, -0.2) is 22.3 Å². The van der Waals surface area contributed by atoms with Crippen LogP contribution in [-0.2, 0) is 19.9 Å². The number of aryl methyl sites for hydroxylation is 1. The maximum Gasteiger partial charge on any atom is 0.160 e. The van der Waals surface area contributed by atoms with E-state index in [0.29, 0.717) is 11.5 Å². The third-order valence-corrected chi connectivity index (χ3v) is 4.81. The Morgan fingerprint density at radius 1 is 1.12 bits per heavy atom. The molecular weight excluding hydrogens is 322 g/mol. The summed E-state index contributed by atoms with van der Waals surface area (Å²) in [5.41, 5.74) is 5.14. The van der Waals surface area contributed by atoms with Gasteiger partial charge in [-0.25, -0.2) is 13.8 Å². The SMILES string of the molecule is CN=C1CCc2c(c3ccc(Nc4ccc(F)c(F)c4)nc3n2C)C1. The van der Waals surface area contributed by atoms with E-state index >= 15 is 0 Å². The molecule has 128 valence electrons. The quantitative estimate of drug-likeness (QED) is 0.761. The van der Waals surface area contributed by atoms with E-state index in [0.717, 1.165) is 42.4 Å². The molecule has 0 radical (unpaired) electrons. The molecule has 4 rings (SSSR count). The Kier molecular flexibility index (Phi) is 3.75. The molecule has 0 spiro atoms. The van der Waals surface area contributed by atoms with Gasteiger partial charge in [0, 0.05) is 49.1 Å². The zero-order valence-electron chi connectivity index (χ0n) is 14.1. The number of pyridine rings is 1. The fourth-order valence-corrected chi connectivity index (χ4v) is 3.48.